The molecule has 0 unspecified atom stereocenters. The average molecular weight is 374 g/mol. The number of nitrogens with two attached hydrogens (primary N) is 1. The predicted octanol–water partition coefficient (Wildman–Crippen LogP) is 2.74. The third kappa shape index (κ3) is 4.11. The summed E-state index contributed by atoms with van der Waals surface area (Å²) >= 11 is 0. The minimum atomic E-state index is -1.31. The highest BCUT2D eigenvalue weighted by Gasteiger charge is 2.16. The van der Waals surface area contributed by atoms with Gasteiger partial charge < -0.3 is 16.4 Å². The van der Waals surface area contributed by atoms with Crippen LogP contribution in [0.5, 0.6) is 0 Å². The number of carbonyl (C=O) groups is 1. The fraction of sp³-hybridized carbons (Fsp3) is 0.0588. The van der Waals surface area contributed by atoms with E-state index in [0.29, 0.717) is 11.9 Å². The van der Waals surface area contributed by atoms with E-state index in [9.17, 15) is 18.0 Å². The number of primary amides is 1. The maximum absolute atomic E-state index is 13.8. The summed E-state index contributed by atoms with van der Waals surface area (Å²) < 4.78 is 40.9. The lowest BCUT2D eigenvalue weighted by Crippen LogP contribution is -2.16. The van der Waals surface area contributed by atoms with Crippen molar-refractivity contribution in [1.29, 1.82) is 0 Å². The molecule has 1 amide bonds. The van der Waals surface area contributed by atoms with Gasteiger partial charge in [-0.2, -0.15) is 0 Å². The van der Waals surface area contributed by atoms with Crippen LogP contribution in [-0.4, -0.2) is 20.9 Å². The Bertz CT molecular complexity index is 984. The number of rotatable bonds is 6. The van der Waals surface area contributed by atoms with Crippen LogP contribution >= 0.6 is 0 Å². The van der Waals surface area contributed by atoms with Gasteiger partial charge in [0.25, 0.3) is 5.91 Å². The SMILES string of the molecule is NC(=O)c1cnc(Nc2cnccn2)cc1NCc1c(F)ccc(F)c1F. The highest BCUT2D eigenvalue weighted by atomic mass is 19.2. The maximum atomic E-state index is 13.8. The molecule has 0 atom stereocenters. The molecular formula is C17H13F3N6O. The van der Waals surface area contributed by atoms with Gasteiger partial charge in [-0.1, -0.05) is 0 Å². The number of pyridine rings is 1. The molecule has 7 nitrogen and oxygen atoms in total. The van der Waals surface area contributed by atoms with Crippen LogP contribution in [0.2, 0.25) is 0 Å². The predicted molar refractivity (Wildman–Crippen MR) is 91.7 cm³/mol. The first-order chi connectivity index (χ1) is 13.0. The maximum Gasteiger partial charge on any atom is 0.252 e. The van der Waals surface area contributed by atoms with Gasteiger partial charge in [-0.25, -0.2) is 23.1 Å². The molecule has 0 spiro atoms. The Hall–Kier alpha value is -3.69. The lowest BCUT2D eigenvalue weighted by Gasteiger charge is -2.13. The number of amides is 1. The number of hydrogen-bond acceptors (Lipinski definition) is 6. The molecule has 0 saturated heterocycles. The topological polar surface area (TPSA) is 106 Å². The number of aromatic nitrogens is 3. The summed E-state index contributed by atoms with van der Waals surface area (Å²) in [5, 5.41) is 5.54. The summed E-state index contributed by atoms with van der Waals surface area (Å²) in [7, 11) is 0. The van der Waals surface area contributed by atoms with Crippen molar-refractivity contribution in [2.24, 2.45) is 5.73 Å². The smallest absolute Gasteiger partial charge is 0.252 e. The second-order valence-corrected chi connectivity index (χ2v) is 5.37. The third-order valence-electron chi connectivity index (χ3n) is 3.58. The quantitative estimate of drug-likeness (QED) is 0.573. The Labute approximate surface area is 151 Å². The van der Waals surface area contributed by atoms with Crippen molar-refractivity contribution in [2.45, 2.75) is 6.54 Å². The van der Waals surface area contributed by atoms with E-state index in [2.05, 4.69) is 25.6 Å². The Morgan fingerprint density at radius 2 is 1.81 bits per heavy atom. The Kier molecular flexibility index (Phi) is 5.15. The molecule has 0 radical (unpaired) electrons. The highest BCUT2D eigenvalue weighted by Crippen LogP contribution is 2.23. The molecule has 3 rings (SSSR count). The number of nitrogens with zero attached hydrogens (tertiary/aromatic N) is 3. The summed E-state index contributed by atoms with van der Waals surface area (Å²) in [6.45, 7) is -0.412. The van der Waals surface area contributed by atoms with Crippen molar-refractivity contribution < 1.29 is 18.0 Å². The van der Waals surface area contributed by atoms with Crippen LogP contribution in [0.15, 0.2) is 43.0 Å². The van der Waals surface area contributed by atoms with Gasteiger partial charge >= 0.3 is 0 Å². The molecule has 0 fully saturated rings. The lowest BCUT2D eigenvalue weighted by molar-refractivity contribution is 0.100. The normalized spacial score (nSPS) is 10.5. The van der Waals surface area contributed by atoms with E-state index in [1.807, 2.05) is 0 Å². The van der Waals surface area contributed by atoms with Crippen LogP contribution < -0.4 is 16.4 Å². The summed E-state index contributed by atoms with van der Waals surface area (Å²) in [6, 6.07) is 2.92. The van der Waals surface area contributed by atoms with E-state index in [4.69, 9.17) is 5.73 Å². The van der Waals surface area contributed by atoms with Crippen molar-refractivity contribution in [3.63, 3.8) is 0 Å². The summed E-state index contributed by atoms with van der Waals surface area (Å²) in [4.78, 5) is 23.5. The summed E-state index contributed by atoms with van der Waals surface area (Å²) in [6.07, 6.45) is 5.61. The standard InChI is InChI=1S/C17H13F3N6O/c18-11-1-2-12(19)16(20)9(11)6-24-13-5-14(25-7-10(13)17(21)27)26-15-8-22-3-4-23-15/h1-5,7-8H,6H2,(H2,21,27)(H2,23,24,25,26). The molecule has 4 N–H and O–H groups in total. The van der Waals surface area contributed by atoms with Gasteiger partial charge in [0.2, 0.25) is 0 Å². The molecule has 0 saturated carbocycles. The monoisotopic (exact) mass is 374 g/mol. The van der Waals surface area contributed by atoms with Crippen molar-refractivity contribution in [3.05, 3.63) is 71.6 Å². The molecular weight excluding hydrogens is 361 g/mol. The number of nitrogens with one attached hydrogen (secondary N) is 2. The van der Waals surface area contributed by atoms with E-state index >= 15 is 0 Å². The van der Waals surface area contributed by atoms with Crippen LogP contribution in [0.4, 0.5) is 30.5 Å². The molecule has 0 aliphatic rings. The van der Waals surface area contributed by atoms with E-state index in [1.165, 1.54) is 30.9 Å². The molecule has 10 heteroatoms. The van der Waals surface area contributed by atoms with Crippen LogP contribution in [-0.2, 0) is 6.54 Å². The van der Waals surface area contributed by atoms with E-state index in [-0.39, 0.29) is 17.1 Å². The van der Waals surface area contributed by atoms with Crippen molar-refractivity contribution in [2.75, 3.05) is 10.6 Å². The zero-order valence-electron chi connectivity index (χ0n) is 13.7. The van der Waals surface area contributed by atoms with Gasteiger partial charge in [0.15, 0.2) is 11.6 Å². The molecule has 138 valence electrons. The number of anilines is 3. The van der Waals surface area contributed by atoms with E-state index < -0.39 is 35.5 Å². The molecule has 1 aromatic carbocycles. The second-order valence-electron chi connectivity index (χ2n) is 5.37. The first kappa shape index (κ1) is 18.1. The van der Waals surface area contributed by atoms with Crippen LogP contribution in [0.1, 0.15) is 15.9 Å². The number of carbonyl (C=O) groups excluding carboxylic acids is 1. The Morgan fingerprint density at radius 3 is 2.52 bits per heavy atom. The van der Waals surface area contributed by atoms with Gasteiger partial charge in [-0.05, 0) is 12.1 Å². The molecule has 0 aliphatic heterocycles. The number of benzene rings is 1. The fourth-order valence-electron chi connectivity index (χ4n) is 2.28. The minimum Gasteiger partial charge on any atom is -0.380 e. The Balaban J connectivity index is 1.88. The fourth-order valence-corrected chi connectivity index (χ4v) is 2.28. The highest BCUT2D eigenvalue weighted by molar-refractivity contribution is 5.98. The molecule has 3 aromatic rings. The largest absolute Gasteiger partial charge is 0.380 e. The number of hydrogen-bond donors (Lipinski definition) is 3. The Morgan fingerprint density at radius 1 is 1.04 bits per heavy atom. The molecule has 2 heterocycles. The minimum absolute atomic E-state index is 0.00286. The van der Waals surface area contributed by atoms with Crippen molar-refractivity contribution >= 4 is 23.2 Å². The van der Waals surface area contributed by atoms with Gasteiger partial charge in [0.1, 0.15) is 17.5 Å². The van der Waals surface area contributed by atoms with Gasteiger partial charge in [0, 0.05) is 36.8 Å². The molecule has 27 heavy (non-hydrogen) atoms. The van der Waals surface area contributed by atoms with Crippen LogP contribution in [0.25, 0.3) is 0 Å². The first-order valence-electron chi connectivity index (χ1n) is 7.65. The number of halogens is 3. The van der Waals surface area contributed by atoms with Crippen molar-refractivity contribution in [3.8, 4) is 0 Å². The molecule has 2 aromatic heterocycles. The molecule has 0 bridgehead atoms. The zero-order chi connectivity index (χ0) is 19.4. The van der Waals surface area contributed by atoms with E-state index in [1.54, 1.807) is 0 Å². The molecule has 0 aliphatic carbocycles. The van der Waals surface area contributed by atoms with Crippen LogP contribution in [0.3, 0.4) is 0 Å². The van der Waals surface area contributed by atoms with E-state index in [0.717, 1.165) is 6.07 Å². The van der Waals surface area contributed by atoms with Gasteiger partial charge in [-0.15, -0.1) is 0 Å². The summed E-state index contributed by atoms with van der Waals surface area (Å²) in [5.41, 5.74) is 4.95. The van der Waals surface area contributed by atoms with Crippen molar-refractivity contribution in [1.82, 2.24) is 15.0 Å². The summed E-state index contributed by atoms with van der Waals surface area (Å²) in [5.74, 6) is -3.53. The van der Waals surface area contributed by atoms with Gasteiger partial charge in [0.05, 0.1) is 17.4 Å². The third-order valence-corrected chi connectivity index (χ3v) is 3.58. The average Bonchev–Trinajstić information content (AvgIpc) is 2.65. The second kappa shape index (κ2) is 7.68. The first-order valence-corrected chi connectivity index (χ1v) is 7.65. The lowest BCUT2D eigenvalue weighted by atomic mass is 10.1. The zero-order valence-corrected chi connectivity index (χ0v) is 13.7. The van der Waals surface area contributed by atoms with Gasteiger partial charge in [-0.3, -0.25) is 9.78 Å². The van der Waals surface area contributed by atoms with Crippen LogP contribution in [0, 0.1) is 17.5 Å².